The Morgan fingerprint density at radius 1 is 1.06 bits per heavy atom. The number of nitrogens with zero attached hydrogens (tertiary/aromatic N) is 5. The van der Waals surface area contributed by atoms with Crippen LogP contribution in [-0.2, 0) is 0 Å². The third-order valence-electron chi connectivity index (χ3n) is 5.85. The summed E-state index contributed by atoms with van der Waals surface area (Å²) in [5.74, 6) is -0.285. The van der Waals surface area contributed by atoms with Crippen molar-refractivity contribution in [1.82, 2.24) is 29.6 Å². The minimum absolute atomic E-state index is 0.0918. The molecular formula is C22H21F3N6O. The highest BCUT2D eigenvalue weighted by Crippen LogP contribution is 2.35. The molecule has 0 aromatic carbocycles. The van der Waals surface area contributed by atoms with Crippen molar-refractivity contribution in [1.29, 1.82) is 0 Å². The molecule has 1 amide bonds. The molecule has 166 valence electrons. The summed E-state index contributed by atoms with van der Waals surface area (Å²) in [4.78, 5) is 26.2. The van der Waals surface area contributed by atoms with Gasteiger partial charge in [0.1, 0.15) is 17.0 Å². The molecule has 0 aliphatic carbocycles. The molecule has 1 fully saturated rings. The fourth-order valence-electron chi connectivity index (χ4n) is 4.23. The van der Waals surface area contributed by atoms with Gasteiger partial charge >= 0.3 is 0 Å². The lowest BCUT2D eigenvalue weighted by Gasteiger charge is -2.19. The Morgan fingerprint density at radius 3 is 2.59 bits per heavy atom. The summed E-state index contributed by atoms with van der Waals surface area (Å²) >= 11 is 0. The predicted molar refractivity (Wildman–Crippen MR) is 113 cm³/mol. The van der Waals surface area contributed by atoms with Crippen molar-refractivity contribution in [3.05, 3.63) is 42.5 Å². The topological polar surface area (TPSA) is 79.7 Å². The number of hydrogen-bond acceptors (Lipinski definition) is 4. The van der Waals surface area contributed by atoms with E-state index in [0.717, 1.165) is 31.1 Å². The van der Waals surface area contributed by atoms with Crippen LogP contribution in [0.2, 0.25) is 0 Å². The highest BCUT2D eigenvalue weighted by Gasteiger charge is 2.28. The lowest BCUT2D eigenvalue weighted by Crippen LogP contribution is -2.32. The van der Waals surface area contributed by atoms with Crippen molar-refractivity contribution in [2.24, 2.45) is 0 Å². The number of nitrogens with one attached hydrogen (secondary N) is 1. The van der Waals surface area contributed by atoms with Gasteiger partial charge in [-0.1, -0.05) is 12.8 Å². The van der Waals surface area contributed by atoms with Crippen LogP contribution in [0.1, 0.15) is 42.5 Å². The number of carbonyl (C=O) groups excluding carboxylic acids is 1. The first-order valence-electron chi connectivity index (χ1n) is 10.6. The smallest absolute Gasteiger partial charge is 0.289 e. The van der Waals surface area contributed by atoms with E-state index < -0.39 is 12.7 Å². The number of pyridine rings is 2. The van der Waals surface area contributed by atoms with E-state index in [1.165, 1.54) is 12.3 Å². The van der Waals surface area contributed by atoms with Crippen LogP contribution in [0.15, 0.2) is 36.8 Å². The number of rotatable bonds is 4. The van der Waals surface area contributed by atoms with Gasteiger partial charge in [-0.2, -0.15) is 5.10 Å². The van der Waals surface area contributed by atoms with Crippen LogP contribution in [0.5, 0.6) is 0 Å². The van der Waals surface area contributed by atoms with Gasteiger partial charge in [0, 0.05) is 48.0 Å². The molecule has 4 aromatic heterocycles. The highest BCUT2D eigenvalue weighted by atomic mass is 19.3. The molecule has 1 unspecified atom stereocenters. The Balaban J connectivity index is 1.64. The largest absolute Gasteiger partial charge is 0.345 e. The molecule has 0 bridgehead atoms. The Hall–Kier alpha value is -3.43. The molecular weight excluding hydrogens is 421 g/mol. The van der Waals surface area contributed by atoms with Gasteiger partial charge in [0.05, 0.1) is 5.52 Å². The fourth-order valence-corrected chi connectivity index (χ4v) is 4.23. The molecule has 7 nitrogen and oxygen atoms in total. The Morgan fingerprint density at radius 2 is 1.84 bits per heavy atom. The van der Waals surface area contributed by atoms with E-state index >= 15 is 0 Å². The molecule has 1 aliphatic rings. The lowest BCUT2D eigenvalue weighted by molar-refractivity contribution is 0.00357. The number of aromatic nitrogens is 5. The summed E-state index contributed by atoms with van der Waals surface area (Å²) in [5.41, 5.74) is 1.67. The maximum Gasteiger partial charge on any atom is 0.289 e. The van der Waals surface area contributed by atoms with Crippen LogP contribution in [0.25, 0.3) is 33.2 Å². The number of fused-ring (bicyclic) bond motifs is 2. The number of aromatic amines is 1. The lowest BCUT2D eigenvalue weighted by atomic mass is 10.1. The Labute approximate surface area is 181 Å². The first-order valence-corrected chi connectivity index (χ1v) is 10.6. The van der Waals surface area contributed by atoms with Crippen LogP contribution in [0.3, 0.4) is 0 Å². The van der Waals surface area contributed by atoms with Crippen LogP contribution in [0.4, 0.5) is 13.2 Å². The highest BCUT2D eigenvalue weighted by molar-refractivity contribution is 6.03. The molecule has 5 rings (SSSR count). The average Bonchev–Trinajstić information content (AvgIpc) is 3.28. The van der Waals surface area contributed by atoms with E-state index in [0.29, 0.717) is 40.1 Å². The molecule has 1 aliphatic heterocycles. The number of halogens is 3. The summed E-state index contributed by atoms with van der Waals surface area (Å²) in [6.45, 7) is 1.24. The molecule has 10 heteroatoms. The van der Waals surface area contributed by atoms with Gasteiger partial charge in [0.2, 0.25) is 0 Å². The Kier molecular flexibility index (Phi) is 5.28. The summed E-state index contributed by atoms with van der Waals surface area (Å²) in [6, 6.07) is 4.91. The molecule has 1 saturated heterocycles. The molecule has 1 N–H and O–H groups in total. The predicted octanol–water partition coefficient (Wildman–Crippen LogP) is 4.72. The zero-order valence-corrected chi connectivity index (χ0v) is 17.1. The minimum atomic E-state index is -3.27. The molecule has 0 radical (unpaired) electrons. The average molecular weight is 442 g/mol. The van der Waals surface area contributed by atoms with E-state index in [9.17, 15) is 18.0 Å². The number of alkyl halides is 3. The van der Waals surface area contributed by atoms with Gasteiger partial charge in [-0.05, 0) is 31.0 Å². The van der Waals surface area contributed by atoms with Gasteiger partial charge in [0.15, 0.2) is 0 Å². The first-order chi connectivity index (χ1) is 15.5. The van der Waals surface area contributed by atoms with E-state index in [1.807, 2.05) is 6.07 Å². The zero-order chi connectivity index (χ0) is 22.2. The number of likely N-dealkylation sites (tertiary alicyclic amines) is 1. The van der Waals surface area contributed by atoms with Crippen molar-refractivity contribution in [2.75, 3.05) is 13.1 Å². The third kappa shape index (κ3) is 3.49. The number of H-pyrrole nitrogens is 1. The molecule has 0 spiro atoms. The van der Waals surface area contributed by atoms with E-state index in [4.69, 9.17) is 0 Å². The van der Waals surface area contributed by atoms with E-state index in [-0.39, 0.29) is 17.1 Å². The van der Waals surface area contributed by atoms with Gasteiger partial charge in [-0.25, -0.2) is 22.8 Å². The van der Waals surface area contributed by atoms with Gasteiger partial charge in [0.25, 0.3) is 18.6 Å². The number of hydrogen-bond donors (Lipinski definition) is 1. The zero-order valence-electron chi connectivity index (χ0n) is 17.1. The summed E-state index contributed by atoms with van der Waals surface area (Å²) in [6.07, 6.45) is 2.68. The summed E-state index contributed by atoms with van der Waals surface area (Å²) in [5, 5.41) is 5.28. The van der Waals surface area contributed by atoms with E-state index in [1.54, 1.807) is 23.4 Å². The summed E-state index contributed by atoms with van der Waals surface area (Å²) in [7, 11) is 0. The van der Waals surface area contributed by atoms with Gasteiger partial charge in [-0.15, -0.1) is 0 Å². The number of amides is 1. The third-order valence-corrected chi connectivity index (χ3v) is 5.85. The van der Waals surface area contributed by atoms with Crippen LogP contribution in [0, 0.1) is 0 Å². The van der Waals surface area contributed by atoms with Crippen molar-refractivity contribution >= 4 is 27.8 Å². The Bertz CT molecular complexity index is 1280. The minimum Gasteiger partial charge on any atom is -0.345 e. The SMILES string of the molecule is O=C(c1cc2c(cn1)c(-c1c[nH]c3ncccc13)nn2C(F)C(F)F)N1CCCCCC1. The quantitative estimate of drug-likeness (QED) is 0.496. The summed E-state index contributed by atoms with van der Waals surface area (Å²) < 4.78 is 41.8. The maximum atomic E-state index is 14.5. The normalized spacial score (nSPS) is 16.1. The van der Waals surface area contributed by atoms with E-state index in [2.05, 4.69) is 20.1 Å². The van der Waals surface area contributed by atoms with Crippen molar-refractivity contribution in [3.63, 3.8) is 0 Å². The molecule has 0 saturated carbocycles. The molecule has 5 heterocycles. The second-order valence-corrected chi connectivity index (χ2v) is 7.90. The standard InChI is InChI=1S/C22H21F3N6O/c23-19(24)20(25)31-17-10-16(22(32)30-8-3-1-2-4-9-30)27-12-15(17)18(29-31)14-11-28-21-13(14)6-5-7-26-21/h5-7,10-12,19-20H,1-4,8-9H2,(H,26,28). The number of carbonyl (C=O) groups is 1. The molecule has 32 heavy (non-hydrogen) atoms. The maximum absolute atomic E-state index is 14.5. The van der Waals surface area contributed by atoms with Crippen LogP contribution < -0.4 is 0 Å². The van der Waals surface area contributed by atoms with Gasteiger partial charge < -0.3 is 9.88 Å². The monoisotopic (exact) mass is 442 g/mol. The molecule has 4 aromatic rings. The van der Waals surface area contributed by atoms with Crippen molar-refractivity contribution in [3.8, 4) is 11.3 Å². The van der Waals surface area contributed by atoms with Crippen LogP contribution in [-0.4, -0.2) is 55.1 Å². The van der Waals surface area contributed by atoms with Gasteiger partial charge in [-0.3, -0.25) is 9.78 Å². The second kappa shape index (κ2) is 8.25. The first kappa shape index (κ1) is 20.5. The van der Waals surface area contributed by atoms with Crippen LogP contribution >= 0.6 is 0 Å². The fraction of sp³-hybridized carbons (Fsp3) is 0.364. The van der Waals surface area contributed by atoms with Crippen molar-refractivity contribution < 1.29 is 18.0 Å². The van der Waals surface area contributed by atoms with Crippen molar-refractivity contribution in [2.45, 2.75) is 38.4 Å². The molecule has 1 atom stereocenters. The second-order valence-electron chi connectivity index (χ2n) is 7.90.